The third kappa shape index (κ3) is 6.22. The summed E-state index contributed by atoms with van der Waals surface area (Å²) in [4.78, 5) is 19.9. The SMILES string of the molecule is CC/C(O[C@@H]1CC[C@@H](OC)C1)=C(\C(=O)Nc1ncc(COC)s1)C1=CC=C([SH2+])C(C)C1. The second-order valence-corrected chi connectivity index (χ2v) is 9.69. The van der Waals surface area contributed by atoms with Gasteiger partial charge >= 0.3 is 0 Å². The third-order valence-corrected chi connectivity index (χ3v) is 7.25. The van der Waals surface area contributed by atoms with Gasteiger partial charge in [-0.2, -0.15) is 0 Å². The number of anilines is 1. The topological polar surface area (TPSA) is 69.7 Å². The van der Waals surface area contributed by atoms with Gasteiger partial charge in [-0.1, -0.05) is 31.3 Å². The normalized spacial score (nSPS) is 24.4. The van der Waals surface area contributed by atoms with E-state index in [1.54, 1.807) is 20.4 Å². The molecule has 170 valence electrons. The minimum absolute atomic E-state index is 0.0689. The van der Waals surface area contributed by atoms with Gasteiger partial charge in [0, 0.05) is 39.2 Å². The van der Waals surface area contributed by atoms with Crippen LogP contribution in [0.1, 0.15) is 50.8 Å². The van der Waals surface area contributed by atoms with Gasteiger partial charge < -0.3 is 14.2 Å². The number of hydrogen-bond acceptors (Lipinski definition) is 6. The van der Waals surface area contributed by atoms with Gasteiger partial charge in [0.05, 0.1) is 23.2 Å². The molecule has 0 aliphatic heterocycles. The molecule has 0 aromatic carbocycles. The van der Waals surface area contributed by atoms with Gasteiger partial charge in [0.2, 0.25) is 0 Å². The predicted octanol–water partition coefficient (Wildman–Crippen LogP) is 4.34. The Labute approximate surface area is 194 Å². The molecule has 3 atom stereocenters. The highest BCUT2D eigenvalue weighted by Gasteiger charge is 2.30. The molecule has 0 bridgehead atoms. The standard InChI is InChI=1S/C23H32N2O4S2/c1-5-19(29-17-8-7-16(11-17)28-4)21(15-6-9-20(30)14(2)10-15)22(26)25-23-24-12-18(31-23)13-27-3/h6,9,12,14,16-17,30H,5,7-8,10-11,13H2,1-4H3,(H,24,25,26)/p+1/b21-19+/t14?,16-,17-/m1/s1. The Kier molecular flexibility index (Phi) is 8.77. The van der Waals surface area contributed by atoms with Crippen molar-refractivity contribution in [3.8, 4) is 0 Å². The van der Waals surface area contributed by atoms with E-state index in [0.29, 0.717) is 29.7 Å². The van der Waals surface area contributed by atoms with Crippen molar-refractivity contribution in [2.75, 3.05) is 19.5 Å². The first kappa shape index (κ1) is 24.0. The molecule has 0 radical (unpaired) electrons. The van der Waals surface area contributed by atoms with Gasteiger partial charge in [-0.3, -0.25) is 10.1 Å². The van der Waals surface area contributed by atoms with Gasteiger partial charge in [-0.15, -0.1) is 0 Å². The Balaban J connectivity index is 1.89. The van der Waals surface area contributed by atoms with Crippen LogP contribution in [-0.2, 0) is 38.2 Å². The molecule has 1 aromatic rings. The van der Waals surface area contributed by atoms with E-state index in [9.17, 15) is 4.79 Å². The molecule has 1 aromatic heterocycles. The molecule has 1 heterocycles. The number of ether oxygens (including phenoxy) is 3. The maximum atomic E-state index is 13.4. The lowest BCUT2D eigenvalue weighted by molar-refractivity contribution is -0.113. The second kappa shape index (κ2) is 11.3. The van der Waals surface area contributed by atoms with Crippen LogP contribution in [0.4, 0.5) is 5.13 Å². The summed E-state index contributed by atoms with van der Waals surface area (Å²) >= 11 is 5.09. The van der Waals surface area contributed by atoms with Crippen LogP contribution in [-0.4, -0.2) is 37.3 Å². The van der Waals surface area contributed by atoms with E-state index in [2.05, 4.69) is 29.9 Å². The molecule has 6 nitrogen and oxygen atoms in total. The van der Waals surface area contributed by atoms with E-state index in [1.165, 1.54) is 11.3 Å². The molecule has 2 aliphatic carbocycles. The van der Waals surface area contributed by atoms with Crippen molar-refractivity contribution in [1.29, 1.82) is 0 Å². The lowest BCUT2D eigenvalue weighted by Crippen LogP contribution is -2.22. The first-order valence-electron chi connectivity index (χ1n) is 10.7. The molecule has 1 N–H and O–H groups in total. The fraction of sp³-hybridized carbons (Fsp3) is 0.565. The number of carbonyl (C=O) groups is 1. The molecule has 2 aliphatic rings. The molecular weight excluding hydrogens is 432 g/mol. The summed E-state index contributed by atoms with van der Waals surface area (Å²) in [5.74, 6) is 0.855. The lowest BCUT2D eigenvalue weighted by atomic mass is 9.89. The highest BCUT2D eigenvalue weighted by atomic mass is 32.1. The summed E-state index contributed by atoms with van der Waals surface area (Å²) in [5.41, 5.74) is 1.60. The highest BCUT2D eigenvalue weighted by molar-refractivity contribution is 7.63. The number of methoxy groups -OCH3 is 2. The molecule has 8 heteroatoms. The number of nitrogens with one attached hydrogen (secondary N) is 1. The number of allylic oxidation sites excluding steroid dienone is 4. The number of amides is 1. The van der Waals surface area contributed by atoms with E-state index >= 15 is 0 Å². The van der Waals surface area contributed by atoms with E-state index in [-0.39, 0.29) is 18.1 Å². The Morgan fingerprint density at radius 2 is 2.06 bits per heavy atom. The minimum Gasteiger partial charge on any atom is -0.494 e. The molecule has 0 spiro atoms. The van der Waals surface area contributed by atoms with E-state index < -0.39 is 0 Å². The zero-order valence-electron chi connectivity index (χ0n) is 18.7. The zero-order chi connectivity index (χ0) is 22.4. The van der Waals surface area contributed by atoms with Crippen LogP contribution < -0.4 is 5.32 Å². The number of nitrogens with zero attached hydrogens (tertiary/aromatic N) is 1. The second-order valence-electron chi connectivity index (χ2n) is 8.00. The number of hydrogen-bond donors (Lipinski definition) is 1. The van der Waals surface area contributed by atoms with Crippen molar-refractivity contribution < 1.29 is 19.0 Å². The Morgan fingerprint density at radius 3 is 2.71 bits per heavy atom. The molecule has 31 heavy (non-hydrogen) atoms. The third-order valence-electron chi connectivity index (χ3n) is 5.71. The van der Waals surface area contributed by atoms with Crippen molar-refractivity contribution in [3.63, 3.8) is 0 Å². The molecule has 1 amide bonds. The van der Waals surface area contributed by atoms with Crippen LogP contribution in [0.3, 0.4) is 0 Å². The minimum atomic E-state index is -0.180. The molecule has 1 unspecified atom stereocenters. The summed E-state index contributed by atoms with van der Waals surface area (Å²) in [6, 6.07) is 0. The van der Waals surface area contributed by atoms with E-state index in [1.807, 2.05) is 19.1 Å². The van der Waals surface area contributed by atoms with Gasteiger partial charge in [0.25, 0.3) is 5.91 Å². The number of rotatable bonds is 9. The fourth-order valence-electron chi connectivity index (χ4n) is 3.98. The van der Waals surface area contributed by atoms with Crippen molar-refractivity contribution in [2.45, 2.75) is 64.8 Å². The smallest absolute Gasteiger partial charge is 0.261 e. The van der Waals surface area contributed by atoms with Gasteiger partial charge in [0.1, 0.15) is 16.8 Å². The largest absolute Gasteiger partial charge is 0.494 e. The van der Waals surface area contributed by atoms with Crippen LogP contribution in [0.5, 0.6) is 0 Å². The summed E-state index contributed by atoms with van der Waals surface area (Å²) < 4.78 is 17.0. The average molecular weight is 466 g/mol. The maximum Gasteiger partial charge on any atom is 0.261 e. The highest BCUT2D eigenvalue weighted by Crippen LogP contribution is 2.34. The van der Waals surface area contributed by atoms with Crippen LogP contribution >= 0.6 is 11.3 Å². The quantitative estimate of drug-likeness (QED) is 0.334. The van der Waals surface area contributed by atoms with Crippen molar-refractivity contribution in [1.82, 2.24) is 4.98 Å². The summed E-state index contributed by atoms with van der Waals surface area (Å²) in [6.07, 6.45) is 10.2. The molecule has 0 saturated heterocycles. The molecular formula is C23H33N2O4S2+. The summed E-state index contributed by atoms with van der Waals surface area (Å²) in [7, 11) is 3.38. The van der Waals surface area contributed by atoms with E-state index in [0.717, 1.165) is 46.8 Å². The Morgan fingerprint density at radius 1 is 1.29 bits per heavy atom. The van der Waals surface area contributed by atoms with Crippen LogP contribution in [0, 0.1) is 5.92 Å². The van der Waals surface area contributed by atoms with Crippen LogP contribution in [0.2, 0.25) is 0 Å². The first-order valence-corrected chi connectivity index (χ1v) is 12.1. The summed E-state index contributed by atoms with van der Waals surface area (Å²) in [6.45, 7) is 4.65. The monoisotopic (exact) mass is 465 g/mol. The Hall–Kier alpha value is -1.61. The number of carbonyl (C=O) groups excluding carboxylic acids is 1. The maximum absolute atomic E-state index is 13.4. The van der Waals surface area contributed by atoms with Crippen LogP contribution in [0.15, 0.2) is 40.2 Å². The average Bonchev–Trinajstić information content (AvgIpc) is 3.39. The molecule has 1 saturated carbocycles. The van der Waals surface area contributed by atoms with Crippen LogP contribution in [0.25, 0.3) is 0 Å². The lowest BCUT2D eigenvalue weighted by Gasteiger charge is -2.23. The van der Waals surface area contributed by atoms with Crippen molar-refractivity contribution in [3.05, 3.63) is 45.0 Å². The molecule has 1 fully saturated rings. The summed E-state index contributed by atoms with van der Waals surface area (Å²) in [5, 5.41) is 3.54. The Bertz CT molecular complexity index is 875. The van der Waals surface area contributed by atoms with Crippen molar-refractivity contribution >= 4 is 35.0 Å². The first-order chi connectivity index (χ1) is 14.9. The van der Waals surface area contributed by atoms with Gasteiger partial charge in [0.15, 0.2) is 5.13 Å². The number of aromatic nitrogens is 1. The van der Waals surface area contributed by atoms with Crippen molar-refractivity contribution in [2.24, 2.45) is 5.92 Å². The zero-order valence-corrected chi connectivity index (χ0v) is 20.5. The fourth-order valence-corrected chi connectivity index (χ4v) is 4.94. The molecule has 3 rings (SSSR count). The predicted molar refractivity (Wildman–Crippen MR) is 128 cm³/mol. The number of thiazole rings is 1. The van der Waals surface area contributed by atoms with E-state index in [4.69, 9.17) is 14.2 Å². The van der Waals surface area contributed by atoms with Gasteiger partial charge in [-0.05, 0) is 43.5 Å². The van der Waals surface area contributed by atoms with Gasteiger partial charge in [-0.25, -0.2) is 4.98 Å².